The summed E-state index contributed by atoms with van der Waals surface area (Å²) in [6, 6.07) is 0. The quantitative estimate of drug-likeness (QED) is 0.918. The van der Waals surface area contributed by atoms with Gasteiger partial charge in [-0.15, -0.1) is 0 Å². The molecule has 96 valence electrons. The summed E-state index contributed by atoms with van der Waals surface area (Å²) in [4.78, 5) is 8.91. The Kier molecular flexibility index (Phi) is 3.11. The van der Waals surface area contributed by atoms with Crippen LogP contribution in [0.4, 0.5) is 5.82 Å². The molecule has 0 aliphatic heterocycles. The summed E-state index contributed by atoms with van der Waals surface area (Å²) in [5, 5.41) is 5.78. The second-order valence-electron chi connectivity index (χ2n) is 4.75. The number of anilines is 1. The molecule has 0 atom stereocenters. The van der Waals surface area contributed by atoms with Crippen LogP contribution in [0.2, 0.25) is 0 Å². The lowest BCUT2D eigenvalue weighted by atomic mass is 10.4. The van der Waals surface area contributed by atoms with Crippen molar-refractivity contribution in [2.24, 2.45) is 7.05 Å². The number of thioether (sulfide) groups is 1. The van der Waals surface area contributed by atoms with E-state index in [0.717, 1.165) is 27.9 Å². The normalized spacial score (nSPS) is 16.7. The predicted octanol–water partition coefficient (Wildman–Crippen LogP) is 2.12. The summed E-state index contributed by atoms with van der Waals surface area (Å²) in [5.74, 6) is 2.20. The molecule has 0 saturated heterocycles. The Morgan fingerprint density at radius 2 is 2.17 bits per heavy atom. The Hall–Kier alpha value is -1.30. The average Bonchev–Trinajstić information content (AvgIpc) is 2.98. The van der Waals surface area contributed by atoms with Crippen LogP contribution in [-0.2, 0) is 12.8 Å². The molecule has 18 heavy (non-hydrogen) atoms. The largest absolute Gasteiger partial charge is 0.383 e. The predicted molar refractivity (Wildman–Crippen MR) is 74.3 cm³/mol. The lowest BCUT2D eigenvalue weighted by Crippen LogP contribution is -2.03. The highest BCUT2D eigenvalue weighted by Gasteiger charge is 2.16. The van der Waals surface area contributed by atoms with E-state index in [9.17, 15) is 0 Å². The minimum absolute atomic E-state index is 0.537. The summed E-state index contributed by atoms with van der Waals surface area (Å²) in [6.45, 7) is 0. The first-order chi connectivity index (χ1) is 8.74. The van der Waals surface area contributed by atoms with Crippen molar-refractivity contribution >= 4 is 28.6 Å². The molecule has 2 aromatic heterocycles. The third kappa shape index (κ3) is 2.16. The van der Waals surface area contributed by atoms with Gasteiger partial charge in [0.15, 0.2) is 5.65 Å². The first-order valence-corrected chi connectivity index (χ1v) is 7.34. The van der Waals surface area contributed by atoms with Crippen molar-refractivity contribution in [3.8, 4) is 0 Å². The third-order valence-corrected chi connectivity index (χ3v) is 4.79. The number of rotatable bonds is 3. The van der Waals surface area contributed by atoms with E-state index in [4.69, 9.17) is 5.73 Å². The monoisotopic (exact) mass is 263 g/mol. The third-order valence-electron chi connectivity index (χ3n) is 3.42. The van der Waals surface area contributed by atoms with Gasteiger partial charge in [-0.3, -0.25) is 4.68 Å². The maximum Gasteiger partial charge on any atom is 0.163 e. The fraction of sp³-hybridized carbons (Fsp3) is 0.583. The van der Waals surface area contributed by atoms with Crippen molar-refractivity contribution in [3.05, 3.63) is 12.0 Å². The lowest BCUT2D eigenvalue weighted by Gasteiger charge is -2.08. The summed E-state index contributed by atoms with van der Waals surface area (Å²) in [6.07, 6.45) is 7.10. The topological polar surface area (TPSA) is 69.6 Å². The van der Waals surface area contributed by atoms with Gasteiger partial charge in [-0.25, -0.2) is 9.97 Å². The van der Waals surface area contributed by atoms with Gasteiger partial charge in [-0.1, -0.05) is 12.8 Å². The van der Waals surface area contributed by atoms with Gasteiger partial charge in [-0.2, -0.15) is 16.9 Å². The van der Waals surface area contributed by atoms with E-state index < -0.39 is 0 Å². The van der Waals surface area contributed by atoms with E-state index in [-0.39, 0.29) is 0 Å². The van der Waals surface area contributed by atoms with Gasteiger partial charge in [0, 0.05) is 12.3 Å². The van der Waals surface area contributed by atoms with Gasteiger partial charge in [0.2, 0.25) is 0 Å². The van der Waals surface area contributed by atoms with Crippen molar-refractivity contribution in [2.45, 2.75) is 36.7 Å². The summed E-state index contributed by atoms with van der Waals surface area (Å²) < 4.78 is 1.75. The highest BCUT2D eigenvalue weighted by atomic mass is 32.2. The fourth-order valence-electron chi connectivity index (χ4n) is 2.40. The molecule has 2 N–H and O–H groups in total. The van der Waals surface area contributed by atoms with E-state index in [1.807, 2.05) is 18.8 Å². The molecule has 1 saturated carbocycles. The van der Waals surface area contributed by atoms with E-state index in [1.165, 1.54) is 25.7 Å². The number of nitrogens with zero attached hydrogens (tertiary/aromatic N) is 4. The molecule has 0 amide bonds. The molecule has 0 bridgehead atoms. The molecule has 1 aliphatic rings. The van der Waals surface area contributed by atoms with Gasteiger partial charge in [0.1, 0.15) is 11.6 Å². The zero-order valence-corrected chi connectivity index (χ0v) is 11.3. The van der Waals surface area contributed by atoms with E-state index >= 15 is 0 Å². The highest BCUT2D eigenvalue weighted by molar-refractivity contribution is 7.99. The number of aryl methyl sites for hydroxylation is 1. The van der Waals surface area contributed by atoms with Gasteiger partial charge < -0.3 is 5.73 Å². The van der Waals surface area contributed by atoms with Crippen LogP contribution in [0.15, 0.2) is 6.20 Å². The van der Waals surface area contributed by atoms with Crippen LogP contribution in [0.25, 0.3) is 11.0 Å². The number of nitrogen functional groups attached to an aromatic ring is 1. The van der Waals surface area contributed by atoms with Crippen molar-refractivity contribution in [3.63, 3.8) is 0 Å². The van der Waals surface area contributed by atoms with Crippen LogP contribution in [-0.4, -0.2) is 25.0 Å². The minimum Gasteiger partial charge on any atom is -0.383 e. The number of nitrogens with two attached hydrogens (primary N) is 1. The lowest BCUT2D eigenvalue weighted by molar-refractivity contribution is 0.782. The van der Waals surface area contributed by atoms with Crippen LogP contribution < -0.4 is 5.73 Å². The molecule has 6 heteroatoms. The summed E-state index contributed by atoms with van der Waals surface area (Å²) in [7, 11) is 1.88. The first-order valence-electron chi connectivity index (χ1n) is 6.30. The van der Waals surface area contributed by atoms with Gasteiger partial charge >= 0.3 is 0 Å². The minimum atomic E-state index is 0.537. The zero-order valence-electron chi connectivity index (χ0n) is 10.5. The average molecular weight is 263 g/mol. The van der Waals surface area contributed by atoms with Gasteiger partial charge in [0.25, 0.3) is 0 Å². The Morgan fingerprint density at radius 1 is 1.39 bits per heavy atom. The van der Waals surface area contributed by atoms with Crippen molar-refractivity contribution < 1.29 is 0 Å². The molecule has 5 nitrogen and oxygen atoms in total. The van der Waals surface area contributed by atoms with E-state index in [2.05, 4.69) is 15.1 Å². The van der Waals surface area contributed by atoms with Crippen LogP contribution in [0.3, 0.4) is 0 Å². The second kappa shape index (κ2) is 4.76. The molecule has 0 unspecified atom stereocenters. The van der Waals surface area contributed by atoms with Crippen molar-refractivity contribution in [2.75, 3.05) is 5.73 Å². The smallest absolute Gasteiger partial charge is 0.163 e. The Balaban J connectivity index is 1.81. The molecule has 3 rings (SSSR count). The molecule has 1 aliphatic carbocycles. The summed E-state index contributed by atoms with van der Waals surface area (Å²) >= 11 is 1.95. The van der Waals surface area contributed by atoms with Crippen LogP contribution in [0, 0.1) is 0 Å². The fourth-order valence-corrected chi connectivity index (χ4v) is 3.58. The standard InChI is InChI=1S/C12H17N5S/c1-17-12-9(6-14-17)11(13)15-10(16-12)7-18-8-4-2-3-5-8/h6,8H,2-5,7H2,1H3,(H2,13,15,16). The second-order valence-corrected chi connectivity index (χ2v) is 6.04. The molecule has 0 radical (unpaired) electrons. The number of hydrogen-bond donors (Lipinski definition) is 1. The SMILES string of the molecule is Cn1ncc2c(N)nc(CSC3CCCC3)nc21. The maximum absolute atomic E-state index is 5.94. The van der Waals surface area contributed by atoms with Crippen molar-refractivity contribution in [1.82, 2.24) is 19.7 Å². The van der Waals surface area contributed by atoms with E-state index in [0.29, 0.717) is 5.82 Å². The summed E-state index contributed by atoms with van der Waals surface area (Å²) in [5.41, 5.74) is 6.76. The van der Waals surface area contributed by atoms with Crippen LogP contribution >= 0.6 is 11.8 Å². The molecule has 2 heterocycles. The van der Waals surface area contributed by atoms with Crippen molar-refractivity contribution in [1.29, 1.82) is 0 Å². The molecular formula is C12H17N5S. The number of hydrogen-bond acceptors (Lipinski definition) is 5. The number of fused-ring (bicyclic) bond motifs is 1. The van der Waals surface area contributed by atoms with Crippen LogP contribution in [0.1, 0.15) is 31.5 Å². The number of aromatic nitrogens is 4. The zero-order chi connectivity index (χ0) is 12.5. The van der Waals surface area contributed by atoms with Gasteiger partial charge in [0.05, 0.1) is 17.3 Å². The first kappa shape index (κ1) is 11.8. The molecule has 2 aromatic rings. The molecular weight excluding hydrogens is 246 g/mol. The van der Waals surface area contributed by atoms with E-state index in [1.54, 1.807) is 10.9 Å². The Morgan fingerprint density at radius 3 is 2.94 bits per heavy atom. The molecule has 0 spiro atoms. The maximum atomic E-state index is 5.94. The van der Waals surface area contributed by atoms with Gasteiger partial charge in [-0.05, 0) is 12.8 Å². The molecule has 1 fully saturated rings. The van der Waals surface area contributed by atoms with Crippen LogP contribution in [0.5, 0.6) is 0 Å². The Bertz CT molecular complexity index is 559. The molecule has 0 aromatic carbocycles. The highest BCUT2D eigenvalue weighted by Crippen LogP contribution is 2.31. The Labute approximate surface area is 110 Å².